The SMILES string of the molecule is CCCC1CC(C(=O)N[C@@H]([C@H]2OC(S)[C@H](O)[C@@H](O)[C@H]2O)[C@H](C)O)N(C)C1. The summed E-state index contributed by atoms with van der Waals surface area (Å²) in [6, 6.07) is -1.25. The predicted molar refractivity (Wildman–Crippen MR) is 98.7 cm³/mol. The number of carbonyl (C=O) groups is 1. The molecule has 8 nitrogen and oxygen atoms in total. The molecule has 0 saturated carbocycles. The lowest BCUT2D eigenvalue weighted by Crippen LogP contribution is -2.65. The maximum absolute atomic E-state index is 12.8. The second kappa shape index (κ2) is 9.18. The van der Waals surface area contributed by atoms with Gasteiger partial charge in [0.2, 0.25) is 5.91 Å². The number of likely N-dealkylation sites (N-methyl/N-ethyl adjacent to an activating group) is 1. The van der Waals surface area contributed by atoms with E-state index in [1.165, 1.54) is 6.92 Å². The highest BCUT2D eigenvalue weighted by Gasteiger charge is 2.47. The Labute approximate surface area is 159 Å². The lowest BCUT2D eigenvalue weighted by molar-refractivity contribution is -0.210. The molecule has 2 heterocycles. The predicted octanol–water partition coefficient (Wildman–Crippen LogP) is -1.29. The molecule has 9 heteroatoms. The molecule has 0 radical (unpaired) electrons. The summed E-state index contributed by atoms with van der Waals surface area (Å²) in [5, 5.41) is 42.9. The average molecular weight is 393 g/mol. The fourth-order valence-electron chi connectivity index (χ4n) is 3.95. The van der Waals surface area contributed by atoms with Crippen LogP contribution in [0.4, 0.5) is 0 Å². The molecular weight excluding hydrogens is 360 g/mol. The van der Waals surface area contributed by atoms with Gasteiger partial charge in [-0.15, -0.1) is 12.6 Å². The van der Waals surface area contributed by atoms with Crippen LogP contribution < -0.4 is 5.32 Å². The van der Waals surface area contributed by atoms with Crippen LogP contribution in [0.25, 0.3) is 0 Å². The minimum Gasteiger partial charge on any atom is -0.391 e. The van der Waals surface area contributed by atoms with E-state index in [0.717, 1.165) is 25.8 Å². The molecule has 0 bridgehead atoms. The van der Waals surface area contributed by atoms with Crippen molar-refractivity contribution in [3.63, 3.8) is 0 Å². The highest BCUT2D eigenvalue weighted by Crippen LogP contribution is 2.28. The van der Waals surface area contributed by atoms with Crippen LogP contribution in [-0.4, -0.2) is 92.9 Å². The number of nitrogens with zero attached hydrogens (tertiary/aromatic N) is 1. The monoisotopic (exact) mass is 392 g/mol. The van der Waals surface area contributed by atoms with E-state index >= 15 is 0 Å². The van der Waals surface area contributed by atoms with Gasteiger partial charge in [-0.05, 0) is 32.7 Å². The number of thiol groups is 1. The average Bonchev–Trinajstić information content (AvgIpc) is 2.95. The largest absolute Gasteiger partial charge is 0.391 e. The van der Waals surface area contributed by atoms with Crippen LogP contribution in [0.3, 0.4) is 0 Å². The molecule has 2 aliphatic heterocycles. The van der Waals surface area contributed by atoms with Gasteiger partial charge in [0, 0.05) is 6.54 Å². The smallest absolute Gasteiger partial charge is 0.237 e. The van der Waals surface area contributed by atoms with Crippen LogP contribution in [0.15, 0.2) is 0 Å². The van der Waals surface area contributed by atoms with Crippen molar-refractivity contribution in [2.75, 3.05) is 13.6 Å². The first-order chi connectivity index (χ1) is 12.2. The first kappa shape index (κ1) is 21.9. The fourth-order valence-corrected chi connectivity index (χ4v) is 4.27. The van der Waals surface area contributed by atoms with Crippen LogP contribution >= 0.6 is 12.6 Å². The standard InChI is InChI=1S/C17H32N2O6S/c1-4-5-9-6-10(19(3)7-9)16(24)18-11(8(2)20)15-13(22)12(21)14(23)17(26)25-15/h8-15,17,20-23,26H,4-7H2,1-3H3,(H,18,24)/t8-,9?,10?,11+,12-,13+,14+,15+,17?/m0/s1. The molecule has 9 atom stereocenters. The highest BCUT2D eigenvalue weighted by atomic mass is 32.1. The van der Waals surface area contributed by atoms with E-state index in [1.54, 1.807) is 0 Å². The number of rotatable bonds is 6. The third-order valence-corrected chi connectivity index (χ3v) is 5.87. The van der Waals surface area contributed by atoms with Crippen molar-refractivity contribution in [3.05, 3.63) is 0 Å². The minimum absolute atomic E-state index is 0.246. The summed E-state index contributed by atoms with van der Waals surface area (Å²) >= 11 is 4.06. The van der Waals surface area contributed by atoms with Gasteiger partial charge >= 0.3 is 0 Å². The number of hydrogen-bond donors (Lipinski definition) is 6. The van der Waals surface area contributed by atoms with Crippen molar-refractivity contribution in [2.45, 2.75) is 81.1 Å². The van der Waals surface area contributed by atoms with Gasteiger partial charge in [-0.1, -0.05) is 13.3 Å². The Hall–Kier alpha value is -0.420. The number of aliphatic hydroxyl groups is 4. The quantitative estimate of drug-likeness (QED) is 0.311. The number of nitrogens with one attached hydrogen (secondary N) is 1. The molecule has 2 aliphatic rings. The second-order valence-corrected chi connectivity index (χ2v) is 8.09. The van der Waals surface area contributed by atoms with Gasteiger partial charge in [-0.3, -0.25) is 9.69 Å². The first-order valence-corrected chi connectivity index (χ1v) is 9.75. The van der Waals surface area contributed by atoms with Gasteiger partial charge in [-0.25, -0.2) is 0 Å². The topological polar surface area (TPSA) is 122 Å². The summed E-state index contributed by atoms with van der Waals surface area (Å²) < 4.78 is 5.47. The summed E-state index contributed by atoms with van der Waals surface area (Å²) in [5.41, 5.74) is -1.03. The zero-order chi connectivity index (χ0) is 19.6. The Bertz CT molecular complexity index is 482. The van der Waals surface area contributed by atoms with Gasteiger partial charge in [0.1, 0.15) is 29.9 Å². The van der Waals surface area contributed by atoms with Crippen LogP contribution in [0, 0.1) is 5.92 Å². The Morgan fingerprint density at radius 3 is 2.54 bits per heavy atom. The van der Waals surface area contributed by atoms with Crippen LogP contribution in [0.1, 0.15) is 33.1 Å². The summed E-state index contributed by atoms with van der Waals surface area (Å²) in [6.07, 6.45) is -3.53. The fraction of sp³-hybridized carbons (Fsp3) is 0.941. The number of ether oxygens (including phenoxy) is 1. The minimum atomic E-state index is -1.47. The van der Waals surface area contributed by atoms with E-state index in [2.05, 4.69) is 24.9 Å². The van der Waals surface area contributed by atoms with Gasteiger partial charge in [0.15, 0.2) is 0 Å². The third-order valence-electron chi connectivity index (χ3n) is 5.44. The summed E-state index contributed by atoms with van der Waals surface area (Å²) in [6.45, 7) is 4.44. The van der Waals surface area contributed by atoms with Gasteiger partial charge in [-0.2, -0.15) is 0 Å². The molecule has 0 spiro atoms. The van der Waals surface area contributed by atoms with Crippen LogP contribution in [0.2, 0.25) is 0 Å². The molecule has 3 unspecified atom stereocenters. The second-order valence-electron chi connectivity index (χ2n) is 7.58. The van der Waals surface area contributed by atoms with Crippen LogP contribution in [-0.2, 0) is 9.53 Å². The molecule has 5 N–H and O–H groups in total. The van der Waals surface area contributed by atoms with Crippen molar-refractivity contribution >= 4 is 18.5 Å². The van der Waals surface area contributed by atoms with E-state index in [0.29, 0.717) is 5.92 Å². The van der Waals surface area contributed by atoms with Crippen molar-refractivity contribution in [1.82, 2.24) is 10.2 Å². The molecule has 2 saturated heterocycles. The zero-order valence-corrected chi connectivity index (χ0v) is 16.4. The summed E-state index contributed by atoms with van der Waals surface area (Å²) in [5.74, 6) is 0.213. The summed E-state index contributed by atoms with van der Waals surface area (Å²) in [4.78, 5) is 14.8. The maximum Gasteiger partial charge on any atom is 0.237 e. The number of carbonyl (C=O) groups excluding carboxylic acids is 1. The van der Waals surface area contributed by atoms with E-state index in [-0.39, 0.29) is 11.9 Å². The van der Waals surface area contributed by atoms with E-state index in [1.807, 2.05) is 11.9 Å². The third kappa shape index (κ3) is 4.70. The van der Waals surface area contributed by atoms with E-state index < -0.39 is 42.0 Å². The van der Waals surface area contributed by atoms with Crippen molar-refractivity contribution in [3.8, 4) is 0 Å². The van der Waals surface area contributed by atoms with Crippen molar-refractivity contribution in [1.29, 1.82) is 0 Å². The maximum atomic E-state index is 12.8. The molecule has 0 aromatic carbocycles. The number of aliphatic hydroxyl groups excluding tert-OH is 4. The van der Waals surface area contributed by atoms with Crippen molar-refractivity contribution in [2.24, 2.45) is 5.92 Å². The lowest BCUT2D eigenvalue weighted by atomic mass is 9.92. The van der Waals surface area contributed by atoms with Crippen molar-refractivity contribution < 1.29 is 30.0 Å². The Kier molecular flexibility index (Phi) is 7.73. The number of likely N-dealkylation sites (tertiary alicyclic amines) is 1. The van der Waals surface area contributed by atoms with Gasteiger partial charge in [0.25, 0.3) is 0 Å². The zero-order valence-electron chi connectivity index (χ0n) is 15.5. The molecular formula is C17H32N2O6S. The molecule has 152 valence electrons. The molecule has 26 heavy (non-hydrogen) atoms. The Morgan fingerprint density at radius 1 is 1.31 bits per heavy atom. The van der Waals surface area contributed by atoms with Gasteiger partial charge in [0.05, 0.1) is 18.2 Å². The molecule has 0 aromatic rings. The number of amides is 1. The van der Waals surface area contributed by atoms with E-state index in [4.69, 9.17) is 4.74 Å². The first-order valence-electron chi connectivity index (χ1n) is 9.23. The Balaban J connectivity index is 2.07. The molecule has 0 aliphatic carbocycles. The summed E-state index contributed by atoms with van der Waals surface area (Å²) in [7, 11) is 1.90. The molecule has 2 rings (SSSR count). The normalized spacial score (nSPS) is 41.0. The lowest BCUT2D eigenvalue weighted by Gasteiger charge is -2.43. The van der Waals surface area contributed by atoms with Gasteiger partial charge < -0.3 is 30.5 Å². The molecule has 2 fully saturated rings. The van der Waals surface area contributed by atoms with Crippen LogP contribution in [0.5, 0.6) is 0 Å². The molecule has 1 amide bonds. The highest BCUT2D eigenvalue weighted by molar-refractivity contribution is 7.80. The number of hydrogen-bond acceptors (Lipinski definition) is 8. The Morgan fingerprint density at radius 2 is 1.96 bits per heavy atom. The van der Waals surface area contributed by atoms with E-state index in [9.17, 15) is 25.2 Å². The molecule has 0 aromatic heterocycles.